The number of rotatable bonds is 6. The molecule has 3 aromatic heterocycles. The molecule has 0 spiro atoms. The van der Waals surface area contributed by atoms with Gasteiger partial charge in [-0.15, -0.1) is 0 Å². The number of nitrogens with zero attached hydrogens (tertiary/aromatic N) is 3. The van der Waals surface area contributed by atoms with Gasteiger partial charge in [0.05, 0.1) is 29.1 Å². The van der Waals surface area contributed by atoms with E-state index in [1.165, 1.54) is 0 Å². The van der Waals surface area contributed by atoms with E-state index in [9.17, 15) is 9.59 Å². The van der Waals surface area contributed by atoms with Crippen LogP contribution in [0.3, 0.4) is 0 Å². The van der Waals surface area contributed by atoms with Crippen LogP contribution in [0.4, 0.5) is 0 Å². The molecule has 8 heteroatoms. The van der Waals surface area contributed by atoms with Crippen molar-refractivity contribution in [2.24, 2.45) is 5.73 Å². The summed E-state index contributed by atoms with van der Waals surface area (Å²) in [5.41, 5.74) is 7.16. The number of hydrogen-bond acceptors (Lipinski definition) is 5. The highest BCUT2D eigenvalue weighted by Gasteiger charge is 2.41. The zero-order chi connectivity index (χ0) is 22.1. The van der Waals surface area contributed by atoms with Gasteiger partial charge >= 0.3 is 0 Å². The summed E-state index contributed by atoms with van der Waals surface area (Å²) in [6.07, 6.45) is 6.03. The molecule has 0 atom stereocenters. The van der Waals surface area contributed by atoms with E-state index in [-0.39, 0.29) is 5.91 Å². The number of primary amides is 1. The van der Waals surface area contributed by atoms with E-state index >= 15 is 0 Å². The van der Waals surface area contributed by atoms with Gasteiger partial charge in [0.15, 0.2) is 5.65 Å². The first-order valence-electron chi connectivity index (χ1n) is 10.6. The Hall–Kier alpha value is -3.94. The molecule has 0 unspecified atom stereocenters. The highest BCUT2D eigenvalue weighted by molar-refractivity contribution is 6.08. The number of carbonyl (C=O) groups is 2. The Labute approximate surface area is 184 Å². The van der Waals surface area contributed by atoms with Gasteiger partial charge in [0.1, 0.15) is 17.8 Å². The first kappa shape index (κ1) is 20.0. The number of furan rings is 1. The number of nitrogens with two attached hydrogens (primary N) is 1. The SMILES string of the molecule is NC(=O)C1(NC(=O)c2cc(-c3ccccc3)nc3c2cnn3Cc2ccco2)CCCC1. The Kier molecular flexibility index (Phi) is 4.97. The average Bonchev–Trinajstić information content (AvgIpc) is 3.56. The third-order valence-electron chi connectivity index (χ3n) is 6.09. The minimum atomic E-state index is -1.01. The summed E-state index contributed by atoms with van der Waals surface area (Å²) in [6.45, 7) is 0.383. The van der Waals surface area contributed by atoms with E-state index in [1.807, 2.05) is 42.5 Å². The number of amides is 2. The smallest absolute Gasteiger partial charge is 0.253 e. The van der Waals surface area contributed by atoms with E-state index in [1.54, 1.807) is 23.2 Å². The molecule has 0 saturated heterocycles. The van der Waals surface area contributed by atoms with Gasteiger partial charge in [0, 0.05) is 5.56 Å². The molecule has 5 rings (SSSR count). The van der Waals surface area contributed by atoms with Crippen molar-refractivity contribution in [1.29, 1.82) is 0 Å². The number of hydrogen-bond donors (Lipinski definition) is 2. The Bertz CT molecular complexity index is 1270. The molecule has 3 heterocycles. The van der Waals surface area contributed by atoms with Gasteiger partial charge in [-0.1, -0.05) is 43.2 Å². The molecule has 1 aliphatic carbocycles. The van der Waals surface area contributed by atoms with E-state index in [0.29, 0.717) is 41.7 Å². The van der Waals surface area contributed by atoms with Crippen LogP contribution in [0.1, 0.15) is 41.8 Å². The molecule has 3 N–H and O–H groups in total. The van der Waals surface area contributed by atoms with E-state index < -0.39 is 11.4 Å². The van der Waals surface area contributed by atoms with Gasteiger partial charge < -0.3 is 15.5 Å². The molecule has 2 amide bonds. The summed E-state index contributed by atoms with van der Waals surface area (Å²) in [5, 5.41) is 7.99. The molecule has 0 radical (unpaired) electrons. The second-order valence-electron chi connectivity index (χ2n) is 8.15. The summed E-state index contributed by atoms with van der Waals surface area (Å²) in [6, 6.07) is 15.1. The number of aromatic nitrogens is 3. The monoisotopic (exact) mass is 429 g/mol. The van der Waals surface area contributed by atoms with Crippen LogP contribution in [-0.4, -0.2) is 32.1 Å². The summed E-state index contributed by atoms with van der Waals surface area (Å²) in [5.74, 6) is -0.121. The van der Waals surface area contributed by atoms with Crippen LogP contribution in [0.15, 0.2) is 65.4 Å². The number of benzene rings is 1. The summed E-state index contributed by atoms with van der Waals surface area (Å²) in [4.78, 5) is 30.4. The lowest BCUT2D eigenvalue weighted by atomic mass is 9.95. The topological polar surface area (TPSA) is 116 Å². The van der Waals surface area contributed by atoms with Crippen molar-refractivity contribution in [3.05, 3.63) is 72.3 Å². The minimum absolute atomic E-state index is 0.354. The Balaban J connectivity index is 1.61. The van der Waals surface area contributed by atoms with Crippen LogP contribution in [-0.2, 0) is 11.3 Å². The molecule has 162 valence electrons. The van der Waals surface area contributed by atoms with Gasteiger partial charge in [0.2, 0.25) is 5.91 Å². The molecule has 0 aliphatic heterocycles. The van der Waals surface area contributed by atoms with Crippen LogP contribution in [0.5, 0.6) is 0 Å². The largest absolute Gasteiger partial charge is 0.467 e. The second kappa shape index (κ2) is 7.96. The van der Waals surface area contributed by atoms with E-state index in [0.717, 1.165) is 24.2 Å². The molecule has 1 saturated carbocycles. The normalized spacial score (nSPS) is 15.1. The first-order chi connectivity index (χ1) is 15.6. The quantitative estimate of drug-likeness (QED) is 0.488. The molecule has 8 nitrogen and oxygen atoms in total. The maximum absolute atomic E-state index is 13.4. The Morgan fingerprint density at radius 1 is 1.12 bits per heavy atom. The third-order valence-corrected chi connectivity index (χ3v) is 6.09. The number of carbonyl (C=O) groups excluding carboxylic acids is 2. The maximum Gasteiger partial charge on any atom is 0.253 e. The number of fused-ring (bicyclic) bond motifs is 1. The zero-order valence-corrected chi connectivity index (χ0v) is 17.5. The number of nitrogens with one attached hydrogen (secondary N) is 1. The van der Waals surface area contributed by atoms with Crippen molar-refractivity contribution in [2.45, 2.75) is 37.8 Å². The fourth-order valence-corrected chi connectivity index (χ4v) is 4.35. The zero-order valence-electron chi connectivity index (χ0n) is 17.5. The molecular formula is C24H23N5O3. The highest BCUT2D eigenvalue weighted by atomic mass is 16.3. The molecule has 4 aromatic rings. The fraction of sp³-hybridized carbons (Fsp3) is 0.250. The van der Waals surface area contributed by atoms with Crippen molar-refractivity contribution in [3.8, 4) is 11.3 Å². The van der Waals surface area contributed by atoms with Crippen LogP contribution >= 0.6 is 0 Å². The van der Waals surface area contributed by atoms with Crippen LogP contribution in [0, 0.1) is 0 Å². The predicted molar refractivity (Wildman–Crippen MR) is 119 cm³/mol. The summed E-state index contributed by atoms with van der Waals surface area (Å²) >= 11 is 0. The lowest BCUT2D eigenvalue weighted by Crippen LogP contribution is -2.55. The summed E-state index contributed by atoms with van der Waals surface area (Å²) in [7, 11) is 0. The van der Waals surface area contributed by atoms with Crippen molar-refractivity contribution in [3.63, 3.8) is 0 Å². The lowest BCUT2D eigenvalue weighted by Gasteiger charge is -2.26. The van der Waals surface area contributed by atoms with Gasteiger partial charge in [-0.05, 0) is 31.0 Å². The summed E-state index contributed by atoms with van der Waals surface area (Å²) < 4.78 is 7.16. The third kappa shape index (κ3) is 3.53. The molecule has 0 bridgehead atoms. The van der Waals surface area contributed by atoms with Crippen LogP contribution in [0.2, 0.25) is 0 Å². The lowest BCUT2D eigenvalue weighted by molar-refractivity contribution is -0.123. The molecule has 1 aromatic carbocycles. The first-order valence-corrected chi connectivity index (χ1v) is 10.6. The number of pyridine rings is 1. The van der Waals surface area contributed by atoms with Gasteiger partial charge in [-0.2, -0.15) is 5.10 Å². The van der Waals surface area contributed by atoms with Crippen molar-refractivity contribution >= 4 is 22.8 Å². The fourth-order valence-electron chi connectivity index (χ4n) is 4.35. The molecule has 1 fully saturated rings. The Morgan fingerprint density at radius 3 is 2.59 bits per heavy atom. The molecule has 1 aliphatic rings. The van der Waals surface area contributed by atoms with Crippen LogP contribution in [0.25, 0.3) is 22.3 Å². The molecule has 32 heavy (non-hydrogen) atoms. The van der Waals surface area contributed by atoms with E-state index in [2.05, 4.69) is 10.4 Å². The highest BCUT2D eigenvalue weighted by Crippen LogP contribution is 2.31. The standard InChI is InChI=1S/C24H23N5O3/c25-23(31)24(10-4-5-11-24)28-22(30)18-13-20(16-7-2-1-3-8-16)27-21-19(18)14-26-29(21)15-17-9-6-12-32-17/h1-3,6-9,12-14H,4-5,10-11,15H2,(H2,25,31)(H,28,30). The van der Waals surface area contributed by atoms with E-state index in [4.69, 9.17) is 15.1 Å². The predicted octanol–water partition coefficient (Wildman–Crippen LogP) is 3.27. The average molecular weight is 429 g/mol. The maximum atomic E-state index is 13.4. The van der Waals surface area contributed by atoms with Gasteiger partial charge in [-0.25, -0.2) is 9.67 Å². The van der Waals surface area contributed by atoms with Crippen molar-refractivity contribution in [1.82, 2.24) is 20.1 Å². The molecular weight excluding hydrogens is 406 g/mol. The second-order valence-corrected chi connectivity index (χ2v) is 8.15. The van der Waals surface area contributed by atoms with Crippen LogP contribution < -0.4 is 11.1 Å². The van der Waals surface area contributed by atoms with Crippen molar-refractivity contribution < 1.29 is 14.0 Å². The Morgan fingerprint density at radius 2 is 1.91 bits per heavy atom. The van der Waals surface area contributed by atoms with Gasteiger partial charge in [0.25, 0.3) is 5.91 Å². The van der Waals surface area contributed by atoms with Crippen molar-refractivity contribution in [2.75, 3.05) is 0 Å². The minimum Gasteiger partial charge on any atom is -0.467 e. The van der Waals surface area contributed by atoms with Gasteiger partial charge in [-0.3, -0.25) is 9.59 Å².